The summed E-state index contributed by atoms with van der Waals surface area (Å²) in [6, 6.07) is 13.1. The highest BCUT2D eigenvalue weighted by Crippen LogP contribution is 2.12. The summed E-state index contributed by atoms with van der Waals surface area (Å²) in [5.74, 6) is 0. The molecule has 100 valence electrons. The van der Waals surface area contributed by atoms with Crippen molar-refractivity contribution >= 4 is 24.8 Å². The number of rotatable bonds is 3. The maximum atomic E-state index is 8.80. The Bertz CT molecular complexity index is 364. The Morgan fingerprint density at radius 2 is 2.00 bits per heavy atom. The molecule has 1 heterocycles. The maximum Gasteiger partial charge on any atom is 0.0638 e. The van der Waals surface area contributed by atoms with Crippen molar-refractivity contribution in [3.63, 3.8) is 0 Å². The minimum absolute atomic E-state index is 0. The Hall–Kier alpha value is -0.790. The van der Waals surface area contributed by atoms with Crippen molar-refractivity contribution in [2.24, 2.45) is 0 Å². The zero-order chi connectivity index (χ0) is 11.2. The second-order valence-electron chi connectivity index (χ2n) is 4.18. The first-order valence-electron chi connectivity index (χ1n) is 5.76. The standard InChI is InChI=1S/C13H17N3.2ClH/c14-7-6-13-10-15-8-9-16(13)11-12-4-2-1-3-5-12;;/h1-5,13,15H,6,8-11H2;2*1H. The van der Waals surface area contributed by atoms with Crippen LogP contribution in [0.25, 0.3) is 0 Å². The number of halogens is 2. The summed E-state index contributed by atoms with van der Waals surface area (Å²) in [6.45, 7) is 3.94. The van der Waals surface area contributed by atoms with Crippen molar-refractivity contribution < 1.29 is 0 Å². The zero-order valence-corrected chi connectivity index (χ0v) is 11.8. The highest BCUT2D eigenvalue weighted by Gasteiger charge is 2.21. The van der Waals surface area contributed by atoms with E-state index in [1.807, 2.05) is 6.07 Å². The van der Waals surface area contributed by atoms with Crippen molar-refractivity contribution in [3.8, 4) is 6.07 Å². The first kappa shape index (κ1) is 17.2. The molecule has 0 spiro atoms. The molecule has 3 nitrogen and oxygen atoms in total. The van der Waals surface area contributed by atoms with Crippen LogP contribution in [0.15, 0.2) is 30.3 Å². The number of hydrogen-bond acceptors (Lipinski definition) is 3. The highest BCUT2D eigenvalue weighted by molar-refractivity contribution is 5.85. The van der Waals surface area contributed by atoms with E-state index in [1.54, 1.807) is 0 Å². The second-order valence-corrected chi connectivity index (χ2v) is 4.18. The first-order valence-corrected chi connectivity index (χ1v) is 5.76. The Morgan fingerprint density at radius 3 is 2.67 bits per heavy atom. The van der Waals surface area contributed by atoms with Crippen LogP contribution >= 0.6 is 24.8 Å². The van der Waals surface area contributed by atoms with E-state index in [0.29, 0.717) is 12.5 Å². The van der Waals surface area contributed by atoms with Crippen molar-refractivity contribution in [2.75, 3.05) is 19.6 Å². The predicted molar refractivity (Wildman–Crippen MR) is 78.2 cm³/mol. The highest BCUT2D eigenvalue weighted by atomic mass is 35.5. The summed E-state index contributed by atoms with van der Waals surface area (Å²) < 4.78 is 0. The van der Waals surface area contributed by atoms with Gasteiger partial charge in [-0.05, 0) is 5.56 Å². The molecule has 1 N–H and O–H groups in total. The first-order chi connectivity index (χ1) is 7.90. The lowest BCUT2D eigenvalue weighted by atomic mass is 10.1. The van der Waals surface area contributed by atoms with Crippen molar-refractivity contribution in [1.29, 1.82) is 5.26 Å². The number of nitriles is 1. The molecule has 0 aliphatic carbocycles. The summed E-state index contributed by atoms with van der Waals surface area (Å²) in [7, 11) is 0. The van der Waals surface area contributed by atoms with Crippen LogP contribution in [0.3, 0.4) is 0 Å². The second kappa shape index (κ2) is 9.18. The van der Waals surface area contributed by atoms with E-state index < -0.39 is 0 Å². The molecular weight excluding hydrogens is 269 g/mol. The summed E-state index contributed by atoms with van der Waals surface area (Å²) in [4.78, 5) is 2.40. The van der Waals surface area contributed by atoms with Gasteiger partial charge in [0, 0.05) is 32.2 Å². The Kier molecular flexibility index (Phi) is 8.78. The molecule has 0 saturated carbocycles. The van der Waals surface area contributed by atoms with Gasteiger partial charge in [0.1, 0.15) is 0 Å². The number of hydrogen-bond donors (Lipinski definition) is 1. The molecule has 18 heavy (non-hydrogen) atoms. The molecule has 1 atom stereocenters. The summed E-state index contributed by atoms with van der Waals surface area (Å²) >= 11 is 0. The lowest BCUT2D eigenvalue weighted by Crippen LogP contribution is -2.50. The van der Waals surface area contributed by atoms with Gasteiger partial charge in [0.15, 0.2) is 0 Å². The van der Waals surface area contributed by atoms with Gasteiger partial charge in [-0.1, -0.05) is 30.3 Å². The van der Waals surface area contributed by atoms with Crippen molar-refractivity contribution in [3.05, 3.63) is 35.9 Å². The summed E-state index contributed by atoms with van der Waals surface area (Å²) in [5.41, 5.74) is 1.33. The van der Waals surface area contributed by atoms with Gasteiger partial charge in [0.25, 0.3) is 0 Å². The minimum atomic E-state index is 0. The Balaban J connectivity index is 0.00000144. The third kappa shape index (κ3) is 4.83. The molecular formula is C13H19Cl2N3. The van der Waals surface area contributed by atoms with Crippen LogP contribution in [0.1, 0.15) is 12.0 Å². The smallest absolute Gasteiger partial charge is 0.0638 e. The van der Waals surface area contributed by atoms with Gasteiger partial charge in [-0.2, -0.15) is 5.26 Å². The van der Waals surface area contributed by atoms with Gasteiger partial charge in [-0.25, -0.2) is 0 Å². The van der Waals surface area contributed by atoms with Gasteiger partial charge in [-0.15, -0.1) is 24.8 Å². The van der Waals surface area contributed by atoms with Gasteiger partial charge < -0.3 is 5.32 Å². The third-order valence-electron chi connectivity index (χ3n) is 3.03. The fourth-order valence-corrected chi connectivity index (χ4v) is 2.14. The molecule has 0 bridgehead atoms. The molecule has 0 amide bonds. The van der Waals surface area contributed by atoms with Crippen LogP contribution < -0.4 is 5.32 Å². The van der Waals surface area contributed by atoms with Crippen LogP contribution in [0.4, 0.5) is 0 Å². The molecule has 0 radical (unpaired) electrons. The SMILES string of the molecule is Cl.Cl.N#CCC1CNCCN1Cc1ccccc1. The molecule has 0 aromatic heterocycles. The van der Waals surface area contributed by atoms with E-state index in [4.69, 9.17) is 5.26 Å². The number of nitrogens with one attached hydrogen (secondary N) is 1. The molecule has 1 unspecified atom stereocenters. The zero-order valence-electron chi connectivity index (χ0n) is 10.2. The van der Waals surface area contributed by atoms with Gasteiger partial charge in [0.05, 0.1) is 12.5 Å². The van der Waals surface area contributed by atoms with Gasteiger partial charge in [0.2, 0.25) is 0 Å². The maximum absolute atomic E-state index is 8.80. The summed E-state index contributed by atoms with van der Waals surface area (Å²) in [6.07, 6.45) is 0.611. The topological polar surface area (TPSA) is 39.1 Å². The average Bonchev–Trinajstić information content (AvgIpc) is 2.33. The fourth-order valence-electron chi connectivity index (χ4n) is 2.14. The fraction of sp³-hybridized carbons (Fsp3) is 0.462. The van der Waals surface area contributed by atoms with Crippen molar-refractivity contribution in [2.45, 2.75) is 19.0 Å². The van der Waals surface area contributed by atoms with E-state index in [-0.39, 0.29) is 24.8 Å². The minimum Gasteiger partial charge on any atom is -0.314 e. The third-order valence-corrected chi connectivity index (χ3v) is 3.03. The van der Waals surface area contributed by atoms with Crippen molar-refractivity contribution in [1.82, 2.24) is 10.2 Å². The molecule has 5 heteroatoms. The molecule has 1 aromatic rings. The van der Waals surface area contributed by atoms with Crippen LogP contribution in [0.2, 0.25) is 0 Å². The van der Waals surface area contributed by atoms with E-state index in [2.05, 4.69) is 40.6 Å². The van der Waals surface area contributed by atoms with Crippen LogP contribution in [0, 0.1) is 11.3 Å². The normalized spacial score (nSPS) is 19.2. The Labute approximate surface area is 121 Å². The van der Waals surface area contributed by atoms with E-state index in [1.165, 1.54) is 5.56 Å². The van der Waals surface area contributed by atoms with Crippen LogP contribution in [-0.2, 0) is 6.54 Å². The number of benzene rings is 1. The average molecular weight is 288 g/mol. The van der Waals surface area contributed by atoms with E-state index >= 15 is 0 Å². The van der Waals surface area contributed by atoms with Gasteiger partial charge in [-0.3, -0.25) is 4.90 Å². The summed E-state index contributed by atoms with van der Waals surface area (Å²) in [5, 5.41) is 12.1. The van der Waals surface area contributed by atoms with E-state index in [9.17, 15) is 0 Å². The monoisotopic (exact) mass is 287 g/mol. The largest absolute Gasteiger partial charge is 0.314 e. The lowest BCUT2D eigenvalue weighted by molar-refractivity contribution is 0.155. The number of piperazine rings is 1. The predicted octanol–water partition coefficient (Wildman–Crippen LogP) is 2.22. The molecule has 1 aromatic carbocycles. The molecule has 1 aliphatic heterocycles. The molecule has 2 rings (SSSR count). The molecule has 1 aliphatic rings. The Morgan fingerprint density at radius 1 is 1.28 bits per heavy atom. The van der Waals surface area contributed by atoms with Crippen LogP contribution in [-0.4, -0.2) is 30.6 Å². The molecule has 1 saturated heterocycles. The lowest BCUT2D eigenvalue weighted by Gasteiger charge is -2.34. The number of nitrogens with zero attached hydrogens (tertiary/aromatic N) is 2. The van der Waals surface area contributed by atoms with E-state index in [0.717, 1.165) is 26.2 Å². The van der Waals surface area contributed by atoms with Crippen LogP contribution in [0.5, 0.6) is 0 Å². The van der Waals surface area contributed by atoms with Gasteiger partial charge >= 0.3 is 0 Å². The molecule has 1 fully saturated rings. The quantitative estimate of drug-likeness (QED) is 0.927.